The maximum atomic E-state index is 4.27. The molecule has 0 aliphatic carbocycles. The van der Waals surface area contributed by atoms with Crippen molar-refractivity contribution in [2.45, 2.75) is 33.4 Å². The van der Waals surface area contributed by atoms with Gasteiger partial charge in [-0.3, -0.25) is 0 Å². The maximum Gasteiger partial charge on any atom is 0.125 e. The molecule has 1 aromatic heterocycles. The third-order valence-corrected chi connectivity index (χ3v) is 1.53. The number of halogens is 2. The molecule has 1 rings (SSSR count). The van der Waals surface area contributed by atoms with Gasteiger partial charge in [-0.25, -0.2) is 9.97 Å². The first-order valence-electron chi connectivity index (χ1n) is 4.20. The molecule has 0 fully saturated rings. The molecule has 14 heavy (non-hydrogen) atoms. The SMILES string of the molecule is Cc1nccc(CNC(C)C)n1.Cl.Cl. The molecule has 0 unspecified atom stereocenters. The predicted molar refractivity (Wildman–Crippen MR) is 63.2 cm³/mol. The number of hydrogen-bond acceptors (Lipinski definition) is 3. The molecule has 0 amide bonds. The average Bonchev–Trinajstić information content (AvgIpc) is 2.01. The van der Waals surface area contributed by atoms with Crippen molar-refractivity contribution in [1.29, 1.82) is 0 Å². The van der Waals surface area contributed by atoms with Crippen molar-refractivity contribution in [3.8, 4) is 0 Å². The van der Waals surface area contributed by atoms with E-state index >= 15 is 0 Å². The standard InChI is InChI=1S/C9H15N3.2ClH/c1-7(2)11-6-9-4-5-10-8(3)12-9;;/h4-5,7,11H,6H2,1-3H3;2*1H. The molecule has 0 aromatic carbocycles. The van der Waals surface area contributed by atoms with Crippen LogP contribution >= 0.6 is 24.8 Å². The largest absolute Gasteiger partial charge is 0.309 e. The average molecular weight is 238 g/mol. The van der Waals surface area contributed by atoms with Gasteiger partial charge in [0.1, 0.15) is 5.82 Å². The first-order valence-corrected chi connectivity index (χ1v) is 4.20. The Labute approximate surface area is 97.6 Å². The molecular weight excluding hydrogens is 221 g/mol. The van der Waals surface area contributed by atoms with Gasteiger partial charge in [0.05, 0.1) is 5.69 Å². The zero-order valence-electron chi connectivity index (χ0n) is 8.65. The summed E-state index contributed by atoms with van der Waals surface area (Å²) >= 11 is 0. The second-order valence-electron chi connectivity index (χ2n) is 3.13. The molecule has 0 aliphatic heterocycles. The highest BCUT2D eigenvalue weighted by molar-refractivity contribution is 5.85. The first-order chi connectivity index (χ1) is 5.68. The summed E-state index contributed by atoms with van der Waals surface area (Å²) in [4.78, 5) is 8.30. The molecule has 0 bridgehead atoms. The zero-order chi connectivity index (χ0) is 8.97. The van der Waals surface area contributed by atoms with Crippen LogP contribution in [0.25, 0.3) is 0 Å². The molecule has 1 aromatic rings. The van der Waals surface area contributed by atoms with Crippen molar-refractivity contribution in [1.82, 2.24) is 15.3 Å². The minimum Gasteiger partial charge on any atom is -0.309 e. The molecule has 0 radical (unpaired) electrons. The van der Waals surface area contributed by atoms with E-state index in [2.05, 4.69) is 29.1 Å². The van der Waals surface area contributed by atoms with Crippen LogP contribution in [0.2, 0.25) is 0 Å². The number of hydrogen-bond donors (Lipinski definition) is 1. The summed E-state index contributed by atoms with van der Waals surface area (Å²) in [5.41, 5.74) is 1.05. The van der Waals surface area contributed by atoms with Gasteiger partial charge in [0.2, 0.25) is 0 Å². The minimum absolute atomic E-state index is 0. The van der Waals surface area contributed by atoms with Crippen molar-refractivity contribution >= 4 is 24.8 Å². The molecular formula is C9H17Cl2N3. The zero-order valence-corrected chi connectivity index (χ0v) is 10.3. The molecule has 3 nitrogen and oxygen atoms in total. The van der Waals surface area contributed by atoms with E-state index in [1.54, 1.807) is 6.20 Å². The minimum atomic E-state index is 0. The number of aryl methyl sites for hydroxylation is 1. The van der Waals surface area contributed by atoms with E-state index < -0.39 is 0 Å². The van der Waals surface area contributed by atoms with E-state index in [9.17, 15) is 0 Å². The molecule has 0 spiro atoms. The van der Waals surface area contributed by atoms with Crippen LogP contribution in [-0.4, -0.2) is 16.0 Å². The highest BCUT2D eigenvalue weighted by Crippen LogP contribution is 1.94. The van der Waals surface area contributed by atoms with E-state index in [-0.39, 0.29) is 24.8 Å². The van der Waals surface area contributed by atoms with E-state index in [1.807, 2.05) is 13.0 Å². The summed E-state index contributed by atoms with van der Waals surface area (Å²) in [7, 11) is 0. The van der Waals surface area contributed by atoms with Crippen LogP contribution in [0.4, 0.5) is 0 Å². The Morgan fingerprint density at radius 1 is 1.36 bits per heavy atom. The van der Waals surface area contributed by atoms with Gasteiger partial charge in [0.15, 0.2) is 0 Å². The van der Waals surface area contributed by atoms with Crippen LogP contribution in [0.1, 0.15) is 25.4 Å². The summed E-state index contributed by atoms with van der Waals surface area (Å²) in [6.45, 7) is 6.96. The second kappa shape index (κ2) is 7.97. The summed E-state index contributed by atoms with van der Waals surface area (Å²) < 4.78 is 0. The van der Waals surface area contributed by atoms with Crippen LogP contribution in [0.5, 0.6) is 0 Å². The van der Waals surface area contributed by atoms with Crippen molar-refractivity contribution in [2.75, 3.05) is 0 Å². The Hall–Kier alpha value is -0.380. The van der Waals surface area contributed by atoms with Gasteiger partial charge < -0.3 is 5.32 Å². The lowest BCUT2D eigenvalue weighted by Crippen LogP contribution is -2.22. The molecule has 1 heterocycles. The Balaban J connectivity index is 0. The number of aromatic nitrogens is 2. The van der Waals surface area contributed by atoms with Gasteiger partial charge in [0, 0.05) is 18.8 Å². The second-order valence-corrected chi connectivity index (χ2v) is 3.13. The normalized spacial score (nSPS) is 9.14. The van der Waals surface area contributed by atoms with E-state index in [0.717, 1.165) is 18.1 Å². The van der Waals surface area contributed by atoms with E-state index in [1.165, 1.54) is 0 Å². The number of rotatable bonds is 3. The van der Waals surface area contributed by atoms with Crippen molar-refractivity contribution in [2.24, 2.45) is 0 Å². The Kier molecular flexibility index (Phi) is 9.15. The van der Waals surface area contributed by atoms with Gasteiger partial charge in [-0.15, -0.1) is 24.8 Å². The number of nitrogens with zero attached hydrogens (tertiary/aromatic N) is 2. The third-order valence-electron chi connectivity index (χ3n) is 1.53. The maximum absolute atomic E-state index is 4.27. The van der Waals surface area contributed by atoms with Crippen LogP contribution in [0.3, 0.4) is 0 Å². The molecule has 0 saturated carbocycles. The molecule has 82 valence electrons. The molecule has 0 atom stereocenters. The fraction of sp³-hybridized carbons (Fsp3) is 0.556. The van der Waals surface area contributed by atoms with E-state index in [0.29, 0.717) is 6.04 Å². The van der Waals surface area contributed by atoms with Crippen molar-refractivity contribution in [3.05, 3.63) is 23.8 Å². The smallest absolute Gasteiger partial charge is 0.125 e. The highest BCUT2D eigenvalue weighted by atomic mass is 35.5. The number of nitrogens with one attached hydrogen (secondary N) is 1. The predicted octanol–water partition coefficient (Wildman–Crippen LogP) is 2.13. The van der Waals surface area contributed by atoms with Crippen LogP contribution in [0.15, 0.2) is 12.3 Å². The lowest BCUT2D eigenvalue weighted by Gasteiger charge is -2.06. The summed E-state index contributed by atoms with van der Waals surface area (Å²) in [5.74, 6) is 0.832. The Morgan fingerprint density at radius 3 is 2.50 bits per heavy atom. The van der Waals surface area contributed by atoms with Gasteiger partial charge >= 0.3 is 0 Å². The lowest BCUT2D eigenvalue weighted by atomic mass is 10.3. The Bertz CT molecular complexity index is 254. The molecule has 1 N–H and O–H groups in total. The monoisotopic (exact) mass is 237 g/mol. The van der Waals surface area contributed by atoms with Gasteiger partial charge in [0.25, 0.3) is 0 Å². The van der Waals surface area contributed by atoms with Crippen molar-refractivity contribution in [3.63, 3.8) is 0 Å². The molecule has 0 aliphatic rings. The summed E-state index contributed by atoms with van der Waals surface area (Å²) in [6.07, 6.45) is 1.79. The van der Waals surface area contributed by atoms with Gasteiger partial charge in [-0.2, -0.15) is 0 Å². The quantitative estimate of drug-likeness (QED) is 0.876. The fourth-order valence-electron chi connectivity index (χ4n) is 0.912. The van der Waals surface area contributed by atoms with Gasteiger partial charge in [-0.05, 0) is 13.0 Å². The molecule has 0 saturated heterocycles. The summed E-state index contributed by atoms with van der Waals surface area (Å²) in [6, 6.07) is 2.43. The fourth-order valence-corrected chi connectivity index (χ4v) is 0.912. The summed E-state index contributed by atoms with van der Waals surface area (Å²) in [5, 5.41) is 3.30. The van der Waals surface area contributed by atoms with Crippen molar-refractivity contribution < 1.29 is 0 Å². The van der Waals surface area contributed by atoms with Crippen LogP contribution in [-0.2, 0) is 6.54 Å². The first kappa shape index (κ1) is 16.1. The third kappa shape index (κ3) is 6.13. The topological polar surface area (TPSA) is 37.8 Å². The lowest BCUT2D eigenvalue weighted by molar-refractivity contribution is 0.579. The van der Waals surface area contributed by atoms with Gasteiger partial charge in [-0.1, -0.05) is 13.8 Å². The molecule has 5 heteroatoms. The van der Waals surface area contributed by atoms with Crippen LogP contribution in [0, 0.1) is 6.92 Å². The Morgan fingerprint density at radius 2 is 2.00 bits per heavy atom. The van der Waals surface area contributed by atoms with E-state index in [4.69, 9.17) is 0 Å². The highest BCUT2D eigenvalue weighted by Gasteiger charge is 1.96. The van der Waals surface area contributed by atoms with Crippen LogP contribution < -0.4 is 5.32 Å².